The van der Waals surface area contributed by atoms with Crippen LogP contribution in [-0.2, 0) is 17.8 Å². The van der Waals surface area contributed by atoms with Gasteiger partial charge in [0.25, 0.3) is 5.91 Å². The van der Waals surface area contributed by atoms with E-state index in [-0.39, 0.29) is 5.57 Å². The van der Waals surface area contributed by atoms with Crippen molar-refractivity contribution in [1.82, 2.24) is 0 Å². The molecule has 0 saturated carbocycles. The van der Waals surface area contributed by atoms with Crippen LogP contribution in [0.3, 0.4) is 0 Å². The number of hydrogen-bond acceptors (Lipinski definition) is 3. The number of anilines is 1. The van der Waals surface area contributed by atoms with E-state index in [4.69, 9.17) is 4.74 Å². The zero-order valence-corrected chi connectivity index (χ0v) is 18.4. The molecule has 1 amide bonds. The Bertz CT molecular complexity index is 1170. The lowest BCUT2D eigenvalue weighted by Crippen LogP contribution is -2.13. The molecule has 0 heterocycles. The average Bonchev–Trinajstić information content (AvgIpc) is 2.79. The monoisotopic (exact) mass is 422 g/mol. The van der Waals surface area contributed by atoms with E-state index in [0.717, 1.165) is 28.0 Å². The van der Waals surface area contributed by atoms with Crippen LogP contribution in [0.5, 0.6) is 5.75 Å². The highest BCUT2D eigenvalue weighted by molar-refractivity contribution is 6.09. The third-order valence-corrected chi connectivity index (χ3v) is 4.95. The lowest BCUT2D eigenvalue weighted by atomic mass is 10.0. The fraction of sp³-hybridized carbons (Fsp3) is 0.143. The molecule has 3 rings (SSSR count). The van der Waals surface area contributed by atoms with Gasteiger partial charge in [0.05, 0.1) is 0 Å². The molecule has 0 aliphatic carbocycles. The van der Waals surface area contributed by atoms with Crippen LogP contribution in [0.4, 0.5) is 5.69 Å². The molecule has 0 aliphatic heterocycles. The van der Waals surface area contributed by atoms with Crippen LogP contribution >= 0.6 is 0 Å². The highest BCUT2D eigenvalue weighted by Gasteiger charge is 2.11. The largest absolute Gasteiger partial charge is 0.489 e. The molecule has 0 atom stereocenters. The van der Waals surface area contributed by atoms with Gasteiger partial charge in [-0.2, -0.15) is 5.26 Å². The van der Waals surface area contributed by atoms with Crippen molar-refractivity contribution in [3.8, 4) is 11.8 Å². The summed E-state index contributed by atoms with van der Waals surface area (Å²) in [6, 6.07) is 23.3. The highest BCUT2D eigenvalue weighted by Crippen LogP contribution is 2.24. The maximum atomic E-state index is 12.6. The first-order chi connectivity index (χ1) is 15.5. The summed E-state index contributed by atoms with van der Waals surface area (Å²) >= 11 is 0. The number of rotatable bonds is 8. The Morgan fingerprint density at radius 3 is 2.31 bits per heavy atom. The van der Waals surface area contributed by atoms with Gasteiger partial charge < -0.3 is 10.1 Å². The number of nitrogens with zero attached hydrogens (tertiary/aromatic N) is 1. The summed E-state index contributed by atoms with van der Waals surface area (Å²) in [6.45, 7) is 8.31. The second kappa shape index (κ2) is 10.8. The molecule has 160 valence electrons. The van der Waals surface area contributed by atoms with Crippen molar-refractivity contribution in [2.75, 3.05) is 5.32 Å². The van der Waals surface area contributed by atoms with Gasteiger partial charge in [0.1, 0.15) is 24.0 Å². The molecule has 4 nitrogen and oxygen atoms in total. The summed E-state index contributed by atoms with van der Waals surface area (Å²) in [5.41, 5.74) is 5.76. The highest BCUT2D eigenvalue weighted by atomic mass is 16.5. The quantitative estimate of drug-likeness (QED) is 0.269. The molecule has 0 radical (unpaired) electrons. The van der Waals surface area contributed by atoms with Crippen LogP contribution in [0.2, 0.25) is 0 Å². The Hall–Kier alpha value is -4.10. The number of carbonyl (C=O) groups excluding carboxylic acids is 1. The van der Waals surface area contributed by atoms with E-state index in [0.29, 0.717) is 18.7 Å². The van der Waals surface area contributed by atoms with Crippen molar-refractivity contribution >= 4 is 17.7 Å². The van der Waals surface area contributed by atoms with E-state index < -0.39 is 5.91 Å². The summed E-state index contributed by atoms with van der Waals surface area (Å²) < 4.78 is 6.03. The molecule has 0 aromatic heterocycles. The zero-order valence-electron chi connectivity index (χ0n) is 18.4. The lowest BCUT2D eigenvalue weighted by Gasteiger charge is -2.12. The minimum absolute atomic E-state index is 0.0310. The maximum absolute atomic E-state index is 12.6. The summed E-state index contributed by atoms with van der Waals surface area (Å²) in [6.07, 6.45) is 4.00. The van der Waals surface area contributed by atoms with Gasteiger partial charge in [-0.05, 0) is 67.3 Å². The number of nitrogens with one attached hydrogen (secondary N) is 1. The van der Waals surface area contributed by atoms with Crippen molar-refractivity contribution in [1.29, 1.82) is 5.26 Å². The molecule has 0 bridgehead atoms. The number of carbonyl (C=O) groups is 1. The van der Waals surface area contributed by atoms with Crippen molar-refractivity contribution in [3.63, 3.8) is 0 Å². The molecule has 0 fully saturated rings. The first-order valence-corrected chi connectivity index (χ1v) is 10.4. The van der Waals surface area contributed by atoms with Crippen LogP contribution in [0.25, 0.3) is 6.08 Å². The predicted octanol–water partition coefficient (Wildman–Crippen LogP) is 6.16. The smallest absolute Gasteiger partial charge is 0.266 e. The Morgan fingerprint density at radius 1 is 1.03 bits per heavy atom. The third kappa shape index (κ3) is 6.20. The van der Waals surface area contributed by atoms with Gasteiger partial charge in [-0.25, -0.2) is 0 Å². The standard InChI is InChI=1S/C28H26N2O2/c1-4-5-24-16-23(12-15-27(24)32-19-22-10-6-20(2)7-11-22)17-25(18-29)28(31)30-26-13-8-21(3)9-14-26/h4,6-17H,1,5,19H2,2-3H3,(H,30,31)/b25-17-. The van der Waals surface area contributed by atoms with Gasteiger partial charge in [-0.15, -0.1) is 6.58 Å². The number of benzene rings is 3. The first-order valence-electron chi connectivity index (χ1n) is 10.4. The molecule has 4 heteroatoms. The Balaban J connectivity index is 1.77. The van der Waals surface area contributed by atoms with Gasteiger partial charge in [-0.1, -0.05) is 59.7 Å². The number of amides is 1. The summed E-state index contributed by atoms with van der Waals surface area (Å²) in [4.78, 5) is 12.6. The average molecular weight is 423 g/mol. The van der Waals surface area contributed by atoms with Crippen LogP contribution < -0.4 is 10.1 Å². The second-order valence-electron chi connectivity index (χ2n) is 7.62. The van der Waals surface area contributed by atoms with Crippen LogP contribution in [-0.4, -0.2) is 5.91 Å². The number of ether oxygens (including phenoxy) is 1. The zero-order chi connectivity index (χ0) is 22.9. The van der Waals surface area contributed by atoms with Gasteiger partial charge in [-0.3, -0.25) is 4.79 Å². The Labute approximate surface area is 189 Å². The van der Waals surface area contributed by atoms with Gasteiger partial charge in [0, 0.05) is 5.69 Å². The van der Waals surface area contributed by atoms with E-state index in [1.54, 1.807) is 12.2 Å². The third-order valence-electron chi connectivity index (χ3n) is 4.95. The molecule has 32 heavy (non-hydrogen) atoms. The number of nitriles is 1. The minimum Gasteiger partial charge on any atom is -0.489 e. The fourth-order valence-electron chi connectivity index (χ4n) is 3.14. The number of hydrogen-bond donors (Lipinski definition) is 1. The molecule has 3 aromatic rings. The molecule has 3 aromatic carbocycles. The van der Waals surface area contributed by atoms with Crippen LogP contribution in [0.1, 0.15) is 27.8 Å². The second-order valence-corrected chi connectivity index (χ2v) is 7.62. The first kappa shape index (κ1) is 22.6. The SMILES string of the molecule is C=CCc1cc(/C=C(/C#N)C(=O)Nc2ccc(C)cc2)ccc1OCc1ccc(C)cc1. The summed E-state index contributed by atoms with van der Waals surface area (Å²) in [5, 5.41) is 12.3. The summed E-state index contributed by atoms with van der Waals surface area (Å²) in [7, 11) is 0. The maximum Gasteiger partial charge on any atom is 0.266 e. The van der Waals surface area contributed by atoms with Crippen LogP contribution in [0.15, 0.2) is 85.0 Å². The van der Waals surface area contributed by atoms with Crippen LogP contribution in [0, 0.1) is 25.2 Å². The molecule has 0 saturated heterocycles. The fourth-order valence-corrected chi connectivity index (χ4v) is 3.14. The Kier molecular flexibility index (Phi) is 7.61. The van der Waals surface area contributed by atoms with Crippen molar-refractivity contribution < 1.29 is 9.53 Å². The topological polar surface area (TPSA) is 62.1 Å². The normalized spacial score (nSPS) is 10.8. The van der Waals surface area contributed by atoms with Crippen molar-refractivity contribution in [3.05, 3.63) is 113 Å². The number of allylic oxidation sites excluding steroid dienone is 1. The van der Waals surface area contributed by atoms with E-state index in [1.165, 1.54) is 5.56 Å². The van der Waals surface area contributed by atoms with E-state index >= 15 is 0 Å². The van der Waals surface area contributed by atoms with E-state index in [1.807, 2.05) is 67.6 Å². The van der Waals surface area contributed by atoms with E-state index in [9.17, 15) is 10.1 Å². The van der Waals surface area contributed by atoms with E-state index in [2.05, 4.69) is 31.0 Å². The summed E-state index contributed by atoms with van der Waals surface area (Å²) in [5.74, 6) is 0.312. The predicted molar refractivity (Wildman–Crippen MR) is 129 cm³/mol. The van der Waals surface area contributed by atoms with Gasteiger partial charge in [0.2, 0.25) is 0 Å². The molecular formula is C28H26N2O2. The molecule has 1 N–H and O–H groups in total. The van der Waals surface area contributed by atoms with Crippen molar-refractivity contribution in [2.45, 2.75) is 26.9 Å². The minimum atomic E-state index is -0.443. The number of aryl methyl sites for hydroxylation is 2. The van der Waals surface area contributed by atoms with Gasteiger partial charge in [0.15, 0.2) is 0 Å². The van der Waals surface area contributed by atoms with Crippen molar-refractivity contribution in [2.24, 2.45) is 0 Å². The lowest BCUT2D eigenvalue weighted by molar-refractivity contribution is -0.112. The molecule has 0 unspecified atom stereocenters. The Morgan fingerprint density at radius 2 is 1.69 bits per heavy atom. The van der Waals surface area contributed by atoms with Gasteiger partial charge >= 0.3 is 0 Å². The molecular weight excluding hydrogens is 396 g/mol. The molecule has 0 aliphatic rings. The molecule has 0 spiro atoms.